The fourth-order valence-electron chi connectivity index (χ4n) is 0.599. The van der Waals surface area contributed by atoms with E-state index < -0.39 is 5.97 Å². The Hall–Kier alpha value is -1.36. The van der Waals surface area contributed by atoms with Gasteiger partial charge in [0.1, 0.15) is 6.54 Å². The van der Waals surface area contributed by atoms with Gasteiger partial charge in [0.2, 0.25) is 0 Å². The molecule has 64 valence electrons. The lowest BCUT2D eigenvalue weighted by Crippen LogP contribution is -2.13. The van der Waals surface area contributed by atoms with Gasteiger partial charge in [-0.25, -0.2) is 9.97 Å². The number of rotatable bonds is 3. The van der Waals surface area contributed by atoms with Crippen LogP contribution in [-0.2, 0) is 4.79 Å². The molecule has 0 aliphatic heterocycles. The highest BCUT2D eigenvalue weighted by Gasteiger charge is 2.02. The molecule has 0 unspecified atom stereocenters. The van der Waals surface area contributed by atoms with E-state index in [2.05, 4.69) is 15.3 Å². The topological polar surface area (TPSA) is 75.1 Å². The Morgan fingerprint density at radius 1 is 1.58 bits per heavy atom. The quantitative estimate of drug-likeness (QED) is 0.726. The second-order valence-electron chi connectivity index (χ2n) is 1.94. The van der Waals surface area contributed by atoms with Crippen LogP contribution in [0.25, 0.3) is 0 Å². The monoisotopic (exact) mass is 187 g/mol. The molecule has 1 heterocycles. The van der Waals surface area contributed by atoms with Crippen molar-refractivity contribution in [3.05, 3.63) is 17.5 Å². The van der Waals surface area contributed by atoms with Crippen molar-refractivity contribution in [2.75, 3.05) is 11.9 Å². The van der Waals surface area contributed by atoms with Gasteiger partial charge in [0.25, 0.3) is 0 Å². The van der Waals surface area contributed by atoms with Gasteiger partial charge in [0.05, 0.1) is 0 Å². The van der Waals surface area contributed by atoms with Crippen LogP contribution in [0.5, 0.6) is 0 Å². The molecule has 12 heavy (non-hydrogen) atoms. The van der Waals surface area contributed by atoms with E-state index in [1.54, 1.807) is 0 Å². The summed E-state index contributed by atoms with van der Waals surface area (Å²) in [5.41, 5.74) is 0. The van der Waals surface area contributed by atoms with Crippen molar-refractivity contribution < 1.29 is 9.90 Å². The number of aromatic nitrogens is 2. The van der Waals surface area contributed by atoms with Crippen LogP contribution in [0.4, 0.5) is 5.82 Å². The van der Waals surface area contributed by atoms with Gasteiger partial charge in [-0.3, -0.25) is 4.79 Å². The van der Waals surface area contributed by atoms with Crippen LogP contribution < -0.4 is 5.32 Å². The zero-order valence-electron chi connectivity index (χ0n) is 5.99. The minimum atomic E-state index is -0.975. The molecule has 0 atom stereocenters. The Kier molecular flexibility index (Phi) is 2.82. The molecule has 0 amide bonds. The summed E-state index contributed by atoms with van der Waals surface area (Å²) in [6.07, 6.45) is 2.85. The number of anilines is 1. The largest absolute Gasteiger partial charge is 0.480 e. The van der Waals surface area contributed by atoms with E-state index in [0.29, 0.717) is 0 Å². The van der Waals surface area contributed by atoms with Gasteiger partial charge in [0.15, 0.2) is 11.0 Å². The summed E-state index contributed by atoms with van der Waals surface area (Å²) in [4.78, 5) is 17.6. The number of carboxylic acid groups (broad SMARTS) is 1. The summed E-state index contributed by atoms with van der Waals surface area (Å²) < 4.78 is 0. The smallest absolute Gasteiger partial charge is 0.322 e. The summed E-state index contributed by atoms with van der Waals surface area (Å²) in [7, 11) is 0. The Labute approximate surface area is 73.4 Å². The zero-order valence-corrected chi connectivity index (χ0v) is 6.75. The molecule has 0 radical (unpaired) electrons. The molecule has 1 aromatic rings. The maximum atomic E-state index is 10.1. The lowest BCUT2D eigenvalue weighted by Gasteiger charge is -2.01. The highest BCUT2D eigenvalue weighted by atomic mass is 35.5. The van der Waals surface area contributed by atoms with E-state index in [-0.39, 0.29) is 17.5 Å². The predicted octanol–water partition coefficient (Wildman–Crippen LogP) is 0.626. The van der Waals surface area contributed by atoms with E-state index in [0.717, 1.165) is 0 Å². The van der Waals surface area contributed by atoms with Gasteiger partial charge in [-0.2, -0.15) is 0 Å². The first kappa shape index (κ1) is 8.73. The van der Waals surface area contributed by atoms with Gasteiger partial charge in [-0.1, -0.05) is 11.6 Å². The number of aliphatic carboxylic acids is 1. The molecule has 0 spiro atoms. The number of hydrogen-bond donors (Lipinski definition) is 2. The summed E-state index contributed by atoms with van der Waals surface area (Å²) in [5.74, 6) is -0.696. The lowest BCUT2D eigenvalue weighted by atomic mass is 10.6. The maximum absolute atomic E-state index is 10.1. The zero-order chi connectivity index (χ0) is 8.97. The molecular weight excluding hydrogens is 182 g/mol. The molecule has 0 saturated heterocycles. The number of carboxylic acids is 1. The van der Waals surface area contributed by atoms with Crippen molar-refractivity contribution in [1.29, 1.82) is 0 Å². The van der Waals surface area contributed by atoms with Gasteiger partial charge in [-0.05, 0) is 0 Å². The molecule has 0 fully saturated rings. The standard InChI is InChI=1S/C6H6ClN3O2/c7-5-6(9-2-1-8-5)10-3-4(11)12/h1-2H,3H2,(H,9,10)(H,11,12). The molecule has 0 aliphatic rings. The number of halogens is 1. The van der Waals surface area contributed by atoms with Crippen molar-refractivity contribution in [2.24, 2.45) is 0 Å². The number of nitrogens with one attached hydrogen (secondary N) is 1. The molecule has 0 saturated carbocycles. The first-order chi connectivity index (χ1) is 5.70. The lowest BCUT2D eigenvalue weighted by molar-refractivity contribution is -0.134. The van der Waals surface area contributed by atoms with Crippen LogP contribution in [0.3, 0.4) is 0 Å². The van der Waals surface area contributed by atoms with Crippen molar-refractivity contribution in [3.8, 4) is 0 Å². The minimum absolute atomic E-state index is 0.166. The molecule has 0 bridgehead atoms. The summed E-state index contributed by atoms with van der Waals surface area (Å²) in [6, 6.07) is 0. The Morgan fingerprint density at radius 3 is 2.83 bits per heavy atom. The van der Waals surface area contributed by atoms with Gasteiger partial charge in [0, 0.05) is 12.4 Å². The van der Waals surface area contributed by atoms with Crippen LogP contribution in [0, 0.1) is 0 Å². The second-order valence-corrected chi connectivity index (χ2v) is 2.30. The highest BCUT2D eigenvalue weighted by molar-refractivity contribution is 6.31. The van der Waals surface area contributed by atoms with Gasteiger partial charge < -0.3 is 10.4 Å². The molecule has 0 aliphatic carbocycles. The highest BCUT2D eigenvalue weighted by Crippen LogP contribution is 2.12. The van der Waals surface area contributed by atoms with E-state index in [1.807, 2.05) is 0 Å². The van der Waals surface area contributed by atoms with Crippen molar-refractivity contribution in [3.63, 3.8) is 0 Å². The number of hydrogen-bond acceptors (Lipinski definition) is 4. The fourth-order valence-corrected chi connectivity index (χ4v) is 0.771. The third kappa shape index (κ3) is 2.35. The maximum Gasteiger partial charge on any atom is 0.322 e. The average molecular weight is 188 g/mol. The van der Waals surface area contributed by atoms with Gasteiger partial charge in [-0.15, -0.1) is 0 Å². The molecule has 1 aromatic heterocycles. The molecule has 1 rings (SSSR count). The van der Waals surface area contributed by atoms with Crippen molar-refractivity contribution in [2.45, 2.75) is 0 Å². The first-order valence-corrected chi connectivity index (χ1v) is 3.50. The second kappa shape index (κ2) is 3.87. The summed E-state index contributed by atoms with van der Waals surface area (Å²) in [6.45, 7) is -0.224. The Morgan fingerprint density at radius 2 is 2.25 bits per heavy atom. The van der Waals surface area contributed by atoms with Crippen LogP contribution in [0.1, 0.15) is 0 Å². The normalized spacial score (nSPS) is 9.42. The number of carbonyl (C=O) groups is 1. The van der Waals surface area contributed by atoms with Crippen LogP contribution in [0.15, 0.2) is 12.4 Å². The summed E-state index contributed by atoms with van der Waals surface area (Å²) >= 11 is 5.58. The Balaban J connectivity index is 2.63. The van der Waals surface area contributed by atoms with Crippen LogP contribution >= 0.6 is 11.6 Å². The molecule has 2 N–H and O–H groups in total. The summed E-state index contributed by atoms with van der Waals surface area (Å²) in [5, 5.41) is 11.0. The van der Waals surface area contributed by atoms with E-state index in [4.69, 9.17) is 16.7 Å². The molecule has 0 aromatic carbocycles. The third-order valence-corrected chi connectivity index (χ3v) is 1.34. The average Bonchev–Trinajstić information content (AvgIpc) is 2.03. The fraction of sp³-hybridized carbons (Fsp3) is 0.167. The SMILES string of the molecule is O=C(O)CNc1nccnc1Cl. The van der Waals surface area contributed by atoms with Crippen molar-refractivity contribution in [1.82, 2.24) is 9.97 Å². The minimum Gasteiger partial charge on any atom is -0.480 e. The van der Waals surface area contributed by atoms with Gasteiger partial charge >= 0.3 is 5.97 Å². The van der Waals surface area contributed by atoms with Crippen LogP contribution in [0.2, 0.25) is 5.15 Å². The predicted molar refractivity (Wildman–Crippen MR) is 43.2 cm³/mol. The first-order valence-electron chi connectivity index (χ1n) is 3.12. The molecule has 6 heteroatoms. The van der Waals surface area contributed by atoms with Crippen LogP contribution in [-0.4, -0.2) is 27.6 Å². The number of nitrogens with zero attached hydrogens (tertiary/aromatic N) is 2. The van der Waals surface area contributed by atoms with Crippen molar-refractivity contribution >= 4 is 23.4 Å². The van der Waals surface area contributed by atoms with E-state index >= 15 is 0 Å². The van der Waals surface area contributed by atoms with E-state index in [9.17, 15) is 4.79 Å². The molecular formula is C6H6ClN3O2. The third-order valence-electron chi connectivity index (χ3n) is 1.06. The Bertz CT molecular complexity index is 292. The molecule has 5 nitrogen and oxygen atoms in total. The van der Waals surface area contributed by atoms with E-state index in [1.165, 1.54) is 12.4 Å².